The number of cyclic esters (lactones) is 1. The van der Waals surface area contributed by atoms with Gasteiger partial charge in [-0.2, -0.15) is 0 Å². The Morgan fingerprint density at radius 1 is 1.04 bits per heavy atom. The van der Waals surface area contributed by atoms with Crippen LogP contribution in [0.4, 0.5) is 4.79 Å². The minimum Gasteiger partial charge on any atom is -0.438 e. The van der Waals surface area contributed by atoms with Gasteiger partial charge in [0.05, 0.1) is 0 Å². The minimum atomic E-state index is -0.600. The molecule has 1 aliphatic rings. The van der Waals surface area contributed by atoms with E-state index >= 15 is 0 Å². The first-order chi connectivity index (χ1) is 12.1. The van der Waals surface area contributed by atoms with Gasteiger partial charge in [-0.1, -0.05) is 73.7 Å². The van der Waals surface area contributed by atoms with Gasteiger partial charge in [0.15, 0.2) is 6.10 Å². The average molecular weight is 335 g/mol. The molecule has 1 aliphatic heterocycles. The fourth-order valence-corrected chi connectivity index (χ4v) is 3.14. The number of allylic oxidation sites excluding steroid dienone is 1. The maximum absolute atomic E-state index is 12.9. The van der Waals surface area contributed by atoms with Crippen molar-refractivity contribution >= 4 is 12.0 Å². The van der Waals surface area contributed by atoms with Crippen molar-refractivity contribution in [2.45, 2.75) is 32.4 Å². The predicted octanol–water partition coefficient (Wildman–Crippen LogP) is 4.80. The molecule has 0 spiro atoms. The van der Waals surface area contributed by atoms with Crippen molar-refractivity contribution in [1.82, 2.24) is 4.90 Å². The molecule has 0 unspecified atom stereocenters. The highest BCUT2D eigenvalue weighted by Crippen LogP contribution is 2.43. The van der Waals surface area contributed by atoms with Gasteiger partial charge in [-0.25, -0.2) is 9.69 Å². The van der Waals surface area contributed by atoms with Gasteiger partial charge < -0.3 is 4.74 Å². The standard InChI is InChI=1S/C21H21NO3/c1-3-10-15(2)20(23)22-18(16-11-6-4-7-12-16)19(25-21(22)24)17-13-8-5-9-14-17/h4-14,18-19H,3H2,1-2H3/t18-,19+/m0/s1. The van der Waals surface area contributed by atoms with Crippen LogP contribution in [0.15, 0.2) is 72.3 Å². The van der Waals surface area contributed by atoms with E-state index in [1.54, 1.807) is 6.92 Å². The van der Waals surface area contributed by atoms with Crippen LogP contribution in [0.3, 0.4) is 0 Å². The van der Waals surface area contributed by atoms with E-state index in [1.165, 1.54) is 4.90 Å². The number of hydrogen-bond donors (Lipinski definition) is 0. The molecule has 25 heavy (non-hydrogen) atoms. The van der Waals surface area contributed by atoms with Gasteiger partial charge in [0, 0.05) is 5.57 Å². The van der Waals surface area contributed by atoms with Crippen LogP contribution in [0.1, 0.15) is 43.5 Å². The van der Waals surface area contributed by atoms with E-state index in [0.29, 0.717) is 5.57 Å². The van der Waals surface area contributed by atoms with E-state index in [1.807, 2.05) is 73.7 Å². The molecule has 0 bridgehead atoms. The molecule has 2 aromatic carbocycles. The maximum Gasteiger partial charge on any atom is 0.418 e. The smallest absolute Gasteiger partial charge is 0.418 e. The van der Waals surface area contributed by atoms with Gasteiger partial charge in [-0.15, -0.1) is 0 Å². The number of amides is 2. The molecule has 2 atom stereocenters. The van der Waals surface area contributed by atoms with Crippen LogP contribution < -0.4 is 0 Å². The third-order valence-electron chi connectivity index (χ3n) is 4.33. The third kappa shape index (κ3) is 3.33. The Morgan fingerprint density at radius 2 is 1.60 bits per heavy atom. The molecule has 1 fully saturated rings. The van der Waals surface area contributed by atoms with Gasteiger partial charge in [-0.3, -0.25) is 4.79 Å². The SMILES string of the molecule is CCC=C(C)C(=O)N1C(=O)O[C@H](c2ccccc2)[C@@H]1c1ccccc1. The summed E-state index contributed by atoms with van der Waals surface area (Å²) in [7, 11) is 0. The second-order valence-corrected chi connectivity index (χ2v) is 6.04. The van der Waals surface area contributed by atoms with Gasteiger partial charge in [0.2, 0.25) is 0 Å². The van der Waals surface area contributed by atoms with Crippen LogP contribution in [0.25, 0.3) is 0 Å². The zero-order valence-electron chi connectivity index (χ0n) is 14.4. The summed E-state index contributed by atoms with van der Waals surface area (Å²) in [4.78, 5) is 26.7. The molecule has 3 rings (SSSR count). The molecular formula is C21H21NO3. The van der Waals surface area contributed by atoms with E-state index < -0.39 is 18.2 Å². The number of ether oxygens (including phenoxy) is 1. The first-order valence-electron chi connectivity index (χ1n) is 8.44. The summed E-state index contributed by atoms with van der Waals surface area (Å²) in [6.07, 6.45) is 1.44. The van der Waals surface area contributed by atoms with Crippen molar-refractivity contribution in [2.75, 3.05) is 0 Å². The summed E-state index contributed by atoms with van der Waals surface area (Å²) in [5, 5.41) is 0. The predicted molar refractivity (Wildman–Crippen MR) is 95.7 cm³/mol. The highest BCUT2D eigenvalue weighted by Gasteiger charge is 2.46. The van der Waals surface area contributed by atoms with Crippen LogP contribution in [0.5, 0.6) is 0 Å². The third-order valence-corrected chi connectivity index (χ3v) is 4.33. The summed E-state index contributed by atoms with van der Waals surface area (Å²) >= 11 is 0. The summed E-state index contributed by atoms with van der Waals surface area (Å²) < 4.78 is 5.62. The topological polar surface area (TPSA) is 46.6 Å². The number of imide groups is 1. The largest absolute Gasteiger partial charge is 0.438 e. The summed E-state index contributed by atoms with van der Waals surface area (Å²) in [6.45, 7) is 3.69. The zero-order chi connectivity index (χ0) is 17.8. The van der Waals surface area contributed by atoms with Gasteiger partial charge in [-0.05, 0) is 24.5 Å². The van der Waals surface area contributed by atoms with Crippen molar-refractivity contribution in [3.63, 3.8) is 0 Å². The summed E-state index contributed by atoms with van der Waals surface area (Å²) in [5.74, 6) is -0.306. The zero-order valence-corrected chi connectivity index (χ0v) is 14.4. The van der Waals surface area contributed by atoms with Crippen LogP contribution in [0, 0.1) is 0 Å². The normalized spacial score (nSPS) is 20.5. The Morgan fingerprint density at radius 3 is 2.16 bits per heavy atom. The molecule has 128 valence electrons. The van der Waals surface area contributed by atoms with Crippen molar-refractivity contribution in [1.29, 1.82) is 0 Å². The van der Waals surface area contributed by atoms with Gasteiger partial charge in [0.1, 0.15) is 6.04 Å². The van der Waals surface area contributed by atoms with Crippen LogP contribution >= 0.6 is 0 Å². The summed E-state index contributed by atoms with van der Waals surface area (Å²) in [5.41, 5.74) is 2.30. The van der Waals surface area contributed by atoms with Crippen molar-refractivity contribution in [3.8, 4) is 0 Å². The van der Waals surface area contributed by atoms with Crippen LogP contribution in [-0.2, 0) is 9.53 Å². The molecule has 2 amide bonds. The quantitative estimate of drug-likeness (QED) is 0.754. The first-order valence-corrected chi connectivity index (χ1v) is 8.44. The lowest BCUT2D eigenvalue weighted by molar-refractivity contribution is -0.125. The molecule has 4 heteroatoms. The Labute approximate surface area is 147 Å². The Kier molecular flexibility index (Phi) is 4.98. The number of hydrogen-bond acceptors (Lipinski definition) is 3. The second kappa shape index (κ2) is 7.34. The van der Waals surface area contributed by atoms with Gasteiger partial charge >= 0.3 is 6.09 Å². The van der Waals surface area contributed by atoms with Crippen molar-refractivity contribution in [3.05, 3.63) is 83.4 Å². The van der Waals surface area contributed by atoms with Crippen LogP contribution in [0.2, 0.25) is 0 Å². The lowest BCUT2D eigenvalue weighted by atomic mass is 9.95. The number of nitrogens with zero attached hydrogens (tertiary/aromatic N) is 1. The molecule has 0 saturated carbocycles. The molecular weight excluding hydrogens is 314 g/mol. The fraction of sp³-hybridized carbons (Fsp3) is 0.238. The highest BCUT2D eigenvalue weighted by atomic mass is 16.6. The lowest BCUT2D eigenvalue weighted by Gasteiger charge is -2.24. The van der Waals surface area contributed by atoms with E-state index in [9.17, 15) is 9.59 Å². The number of carbonyl (C=O) groups is 2. The fourth-order valence-electron chi connectivity index (χ4n) is 3.14. The molecule has 0 radical (unpaired) electrons. The number of benzene rings is 2. The second-order valence-electron chi connectivity index (χ2n) is 6.04. The van der Waals surface area contributed by atoms with Crippen molar-refractivity contribution in [2.24, 2.45) is 0 Å². The van der Waals surface area contributed by atoms with E-state index in [2.05, 4.69) is 0 Å². The van der Waals surface area contributed by atoms with E-state index in [-0.39, 0.29) is 5.91 Å². The molecule has 4 nitrogen and oxygen atoms in total. The Hall–Kier alpha value is -2.88. The molecule has 0 aliphatic carbocycles. The van der Waals surface area contributed by atoms with E-state index in [0.717, 1.165) is 17.5 Å². The molecule has 0 aromatic heterocycles. The van der Waals surface area contributed by atoms with Crippen LogP contribution in [-0.4, -0.2) is 16.9 Å². The Bertz CT molecular complexity index is 783. The number of rotatable bonds is 4. The van der Waals surface area contributed by atoms with Crippen molar-refractivity contribution < 1.29 is 14.3 Å². The molecule has 1 saturated heterocycles. The monoisotopic (exact) mass is 335 g/mol. The lowest BCUT2D eigenvalue weighted by Crippen LogP contribution is -2.35. The molecule has 2 aromatic rings. The average Bonchev–Trinajstić information content (AvgIpc) is 3.00. The first kappa shape index (κ1) is 17.0. The molecule has 0 N–H and O–H groups in total. The minimum absolute atomic E-state index is 0.306. The summed E-state index contributed by atoms with van der Waals surface area (Å²) in [6, 6.07) is 18.6. The highest BCUT2D eigenvalue weighted by molar-refractivity contribution is 6.03. The molecule has 1 heterocycles. The Balaban J connectivity index is 2.06. The number of carbonyl (C=O) groups excluding carboxylic acids is 2. The van der Waals surface area contributed by atoms with E-state index in [4.69, 9.17) is 4.74 Å². The van der Waals surface area contributed by atoms with Gasteiger partial charge in [0.25, 0.3) is 5.91 Å². The maximum atomic E-state index is 12.9.